The van der Waals surface area contributed by atoms with Crippen LogP contribution in [0.4, 0.5) is 56.9 Å². The summed E-state index contributed by atoms with van der Waals surface area (Å²) in [5.74, 6) is 3.20. The van der Waals surface area contributed by atoms with Crippen molar-refractivity contribution in [2.24, 2.45) is 5.41 Å². The molecule has 0 amide bonds. The van der Waals surface area contributed by atoms with Crippen LogP contribution in [0.5, 0.6) is 0 Å². The summed E-state index contributed by atoms with van der Waals surface area (Å²) in [5, 5.41) is 32.4. The molecule has 27 heteroatoms. The first-order valence-corrected chi connectivity index (χ1v) is 44.8. The van der Waals surface area contributed by atoms with Crippen LogP contribution in [0.3, 0.4) is 0 Å². The Balaban J connectivity index is 0.000000137. The summed E-state index contributed by atoms with van der Waals surface area (Å²) >= 11 is 47.4. The average molecular weight is 1880 g/mol. The van der Waals surface area contributed by atoms with E-state index >= 15 is 0 Å². The van der Waals surface area contributed by atoms with Crippen LogP contribution >= 0.6 is 92.8 Å². The van der Waals surface area contributed by atoms with Gasteiger partial charge in [0.1, 0.15) is 0 Å². The Morgan fingerprint density at radius 2 is 0.806 bits per heavy atom. The summed E-state index contributed by atoms with van der Waals surface area (Å²) in [4.78, 5) is 39.0. The van der Waals surface area contributed by atoms with E-state index in [0.717, 1.165) is 197 Å². The van der Waals surface area contributed by atoms with Crippen molar-refractivity contribution in [3.05, 3.63) is 345 Å². The quantitative estimate of drug-likeness (QED) is 0.00983. The number of morpholine rings is 1. The maximum atomic E-state index is 6.05. The second-order valence-corrected chi connectivity index (χ2v) is 34.0. The summed E-state index contributed by atoms with van der Waals surface area (Å²) < 4.78 is 5.40. The van der Waals surface area contributed by atoms with Gasteiger partial charge in [-0.05, 0) is 251 Å². The maximum absolute atomic E-state index is 6.05. The molecular weight excluding hydrogens is 1780 g/mol. The molecule has 1 fully saturated rings. The number of benzene rings is 9. The number of para-hydroxylation sites is 1. The van der Waals surface area contributed by atoms with E-state index in [9.17, 15) is 0 Å². The molecule has 17 aromatic rings. The predicted molar refractivity (Wildman–Crippen MR) is 551 cm³/mol. The first-order chi connectivity index (χ1) is 62.7. The maximum Gasteiger partial charge on any atom is 0.0763 e. The number of nitrogens with one attached hydrogen (secondary N) is 8. The largest absolute Gasteiger partial charge is 0.384 e. The number of hydrogen-bond acceptors (Lipinski definition) is 19. The van der Waals surface area contributed by atoms with Gasteiger partial charge in [0.25, 0.3) is 0 Å². The van der Waals surface area contributed by atoms with Gasteiger partial charge in [-0.3, -0.25) is 39.9 Å². The van der Waals surface area contributed by atoms with Crippen LogP contribution in [0.1, 0.15) is 31.5 Å². The molecule has 0 spiro atoms. The van der Waals surface area contributed by atoms with Gasteiger partial charge in [-0.25, -0.2) is 0 Å². The van der Waals surface area contributed by atoms with Crippen molar-refractivity contribution in [2.75, 3.05) is 127 Å². The average Bonchev–Trinajstić information content (AvgIpc) is 0.810. The topological polar surface area (TPSA) is 215 Å². The number of ether oxygens (including phenoxy) is 1. The molecule has 9 heterocycles. The molecule has 8 N–H and O–H groups in total. The standard InChI is InChI=1S/C19H18ClN3O.C16H14ClN3.C16H22ClN3.C15H12ClN3.C12H12Cl2N2.C12H11ClN2.C12H9ClN2/c20-14-1-6-17-18(7-8-21-19(17)13-14)22-15-2-4-16(5-3-15)23-9-11-24-12-10-23;1-11-4-2-3-5-14(11)19-20-15-8-9-18-16-10-12(17)6-7-13(15)16;1-16(2,11-20(3)4)10-19-14-7-8-18-15-9-12(17)5-6-13(14)15;16-11-4-5-13-14(6-8-18-15(13)9-11)19-10-12-3-1-2-7-17-12;13-5-1-6-15-11-4-7-16-12-8-9(14)2-3-10(11)12;2*1-2-6-14-11-5-7-15-12-8-9(13)3-4-10(11)12/h1-8,13H,9-12H2,(H,21,22);2-10,19H,1H3,(H,18,20);5-9H,10-11H2,1-4H3,(H,18,19);1-9H,10H2,(H,18,19);2-4,7-8H,1,5-6H2,(H,15,16);2-5,7-8H,1,6H2,(H,14,15);1,3-5,7-8H,6H2,(H,14,15). The molecule has 0 saturated carbocycles. The Morgan fingerprint density at radius 1 is 0.426 bits per heavy atom. The molecule has 9 aromatic carbocycles. The number of anilines is 10. The van der Waals surface area contributed by atoms with Crippen LogP contribution in [0.25, 0.3) is 76.3 Å². The number of nitrogens with zero attached hydrogens (tertiary/aromatic N) is 10. The SMILES string of the molecule is C#CCNc1ccnc2cc(Cl)ccc12.C=CCNc1ccnc2cc(Cl)ccc12.CN(C)CC(C)(C)CNc1ccnc2cc(Cl)ccc12.Cc1ccccc1NNc1ccnc2cc(Cl)ccc12.ClCCCNc1ccnc2cc(Cl)ccc12.Clc1ccc2c(NCc3ccccn3)ccnc2c1.Clc1ccc2c(Nc3ccc(N4CCOCC4)cc3)ccnc2c1. The Labute approximate surface area is 792 Å². The van der Waals surface area contributed by atoms with Gasteiger partial charge in [-0.1, -0.05) is 131 Å². The summed E-state index contributed by atoms with van der Waals surface area (Å²) in [7, 11) is 4.21. The van der Waals surface area contributed by atoms with Crippen molar-refractivity contribution in [2.45, 2.75) is 33.7 Å². The third kappa shape index (κ3) is 28.9. The number of halogens is 8. The molecule has 1 aliphatic rings. The van der Waals surface area contributed by atoms with Crippen LogP contribution in [0.2, 0.25) is 35.2 Å². The highest BCUT2D eigenvalue weighted by Gasteiger charge is 2.20. The van der Waals surface area contributed by atoms with Gasteiger partial charge >= 0.3 is 0 Å². The normalized spacial score (nSPS) is 11.5. The van der Waals surface area contributed by atoms with Gasteiger partial charge in [-0.15, -0.1) is 24.6 Å². The molecule has 18 rings (SSSR count). The van der Waals surface area contributed by atoms with E-state index in [2.05, 4.69) is 170 Å². The van der Waals surface area contributed by atoms with Crippen molar-refractivity contribution in [1.29, 1.82) is 0 Å². The lowest BCUT2D eigenvalue weighted by atomic mass is 9.93. The number of pyridine rings is 8. The third-order valence-electron chi connectivity index (χ3n) is 20.1. The Bertz CT molecular complexity index is 6610. The summed E-state index contributed by atoms with van der Waals surface area (Å²) in [6.45, 7) is 18.5. The monoisotopic (exact) mass is 1870 g/mol. The van der Waals surface area contributed by atoms with Crippen LogP contribution in [-0.2, 0) is 11.3 Å². The van der Waals surface area contributed by atoms with Crippen LogP contribution in [0.15, 0.2) is 299 Å². The zero-order valence-corrected chi connectivity index (χ0v) is 77.9. The number of aryl methyl sites for hydroxylation is 1. The van der Waals surface area contributed by atoms with Crippen LogP contribution in [0, 0.1) is 24.7 Å². The number of alkyl halides is 1. The minimum atomic E-state index is 0.200. The highest BCUT2D eigenvalue weighted by molar-refractivity contribution is 6.34. The number of hydrazine groups is 1. The summed E-state index contributed by atoms with van der Waals surface area (Å²) in [6, 6.07) is 76.2. The lowest BCUT2D eigenvalue weighted by Gasteiger charge is -2.29. The zero-order chi connectivity index (χ0) is 90.9. The summed E-state index contributed by atoms with van der Waals surface area (Å²) in [6.07, 6.45) is 22.2. The van der Waals surface area contributed by atoms with E-state index in [1.54, 1.807) is 43.4 Å². The van der Waals surface area contributed by atoms with Gasteiger partial charge in [0, 0.05) is 213 Å². The fourth-order valence-electron chi connectivity index (χ4n) is 14.0. The number of hydrogen-bond donors (Lipinski definition) is 8. The van der Waals surface area contributed by atoms with Crippen LogP contribution in [-0.4, -0.2) is 124 Å². The van der Waals surface area contributed by atoms with Crippen molar-refractivity contribution in [1.82, 2.24) is 44.8 Å². The van der Waals surface area contributed by atoms with Crippen LogP contribution < -0.4 is 47.7 Å². The lowest BCUT2D eigenvalue weighted by molar-refractivity contribution is 0.122. The lowest BCUT2D eigenvalue weighted by Crippen LogP contribution is -2.36. The molecular formula is C102H98Cl8N18O. The van der Waals surface area contributed by atoms with E-state index in [4.69, 9.17) is 104 Å². The predicted octanol–water partition coefficient (Wildman–Crippen LogP) is 27.2. The van der Waals surface area contributed by atoms with Gasteiger partial charge in [-0.2, -0.15) is 0 Å². The molecule has 8 aromatic heterocycles. The minimum absolute atomic E-state index is 0.200. The molecule has 0 aliphatic carbocycles. The zero-order valence-electron chi connectivity index (χ0n) is 71.9. The Hall–Kier alpha value is -12.3. The van der Waals surface area contributed by atoms with Crippen molar-refractivity contribution < 1.29 is 4.74 Å². The van der Waals surface area contributed by atoms with E-state index in [0.29, 0.717) is 49.1 Å². The van der Waals surface area contributed by atoms with Gasteiger partial charge in [0.15, 0.2) is 0 Å². The van der Waals surface area contributed by atoms with Crippen molar-refractivity contribution >= 4 is 226 Å². The van der Waals surface area contributed by atoms with Crippen molar-refractivity contribution in [3.63, 3.8) is 0 Å². The molecule has 129 heavy (non-hydrogen) atoms. The van der Waals surface area contributed by atoms with E-state index in [-0.39, 0.29) is 5.41 Å². The third-order valence-corrected chi connectivity index (χ3v) is 22.0. The van der Waals surface area contributed by atoms with E-state index in [1.165, 1.54) is 11.3 Å². The molecule has 1 saturated heterocycles. The van der Waals surface area contributed by atoms with Crippen molar-refractivity contribution in [3.8, 4) is 12.3 Å². The number of fused-ring (bicyclic) bond motifs is 7. The van der Waals surface area contributed by atoms with E-state index < -0.39 is 0 Å². The van der Waals surface area contributed by atoms with Gasteiger partial charge in [0.2, 0.25) is 0 Å². The number of rotatable bonds is 23. The molecule has 19 nitrogen and oxygen atoms in total. The number of aromatic nitrogens is 8. The molecule has 0 bridgehead atoms. The minimum Gasteiger partial charge on any atom is -0.384 e. The Morgan fingerprint density at radius 3 is 1.22 bits per heavy atom. The van der Waals surface area contributed by atoms with E-state index in [1.807, 2.05) is 219 Å². The van der Waals surface area contributed by atoms with Gasteiger partial charge < -0.3 is 57.3 Å². The first-order valence-electron chi connectivity index (χ1n) is 41.6. The molecule has 1 aliphatic heterocycles. The molecule has 0 unspecified atom stereocenters. The smallest absolute Gasteiger partial charge is 0.0763 e. The fourth-order valence-corrected chi connectivity index (χ4v) is 15.3. The Kier molecular flexibility index (Phi) is 36.2. The highest BCUT2D eigenvalue weighted by Crippen LogP contribution is 2.34. The molecule has 0 radical (unpaired) electrons. The second kappa shape index (κ2) is 48.8. The molecule has 658 valence electrons. The number of terminal acetylenes is 1. The second-order valence-electron chi connectivity index (χ2n) is 30.6. The first kappa shape index (κ1) is 95.8. The molecule has 0 atom stereocenters. The fraction of sp³-hybridized carbons (Fsp3) is 0.176. The van der Waals surface area contributed by atoms with Gasteiger partial charge in [0.05, 0.1) is 82.0 Å². The summed E-state index contributed by atoms with van der Waals surface area (Å²) in [5.41, 5.74) is 25.7. The highest BCUT2D eigenvalue weighted by atomic mass is 35.5.